The molecule has 1 saturated heterocycles. The van der Waals surface area contributed by atoms with E-state index in [2.05, 4.69) is 39.6 Å². The normalized spacial score (nSPS) is 18.2. The number of aromatic nitrogens is 2. The first-order valence-corrected chi connectivity index (χ1v) is 11.1. The van der Waals surface area contributed by atoms with Gasteiger partial charge >= 0.3 is 0 Å². The number of rotatable bonds is 6. The van der Waals surface area contributed by atoms with Crippen LogP contribution < -0.4 is 5.32 Å². The molecule has 1 aromatic carbocycles. The van der Waals surface area contributed by atoms with Crippen LogP contribution in [-0.2, 0) is 11.2 Å². The maximum Gasteiger partial charge on any atom is 0.272 e. The molecule has 3 aromatic rings. The smallest absolute Gasteiger partial charge is 0.272 e. The number of hydrogen-bond donors (Lipinski definition) is 1. The minimum absolute atomic E-state index is 0.00913. The van der Waals surface area contributed by atoms with Crippen LogP contribution in [0.5, 0.6) is 0 Å². The van der Waals surface area contributed by atoms with Gasteiger partial charge in [0.15, 0.2) is 0 Å². The average molecular weight is 429 g/mol. The van der Waals surface area contributed by atoms with Gasteiger partial charge in [-0.1, -0.05) is 36.4 Å². The lowest BCUT2D eigenvalue weighted by molar-refractivity contribution is -0.133. The van der Waals surface area contributed by atoms with E-state index in [4.69, 9.17) is 0 Å². The molecule has 0 bridgehead atoms. The molecule has 6 heteroatoms. The highest BCUT2D eigenvalue weighted by atomic mass is 16.2. The van der Waals surface area contributed by atoms with Gasteiger partial charge < -0.3 is 10.2 Å². The van der Waals surface area contributed by atoms with Crippen molar-refractivity contribution in [3.63, 3.8) is 0 Å². The van der Waals surface area contributed by atoms with Crippen LogP contribution >= 0.6 is 0 Å². The Kier molecular flexibility index (Phi) is 6.59. The Hall–Kier alpha value is -3.54. The van der Waals surface area contributed by atoms with Gasteiger partial charge in [-0.15, -0.1) is 0 Å². The number of carbonyl (C=O) groups excluding carboxylic acids is 2. The van der Waals surface area contributed by atoms with Crippen molar-refractivity contribution in [1.82, 2.24) is 20.2 Å². The quantitative estimate of drug-likeness (QED) is 0.649. The van der Waals surface area contributed by atoms with E-state index in [-0.39, 0.29) is 11.8 Å². The zero-order chi connectivity index (χ0) is 22.4. The number of pyridine rings is 2. The molecule has 32 heavy (non-hydrogen) atoms. The van der Waals surface area contributed by atoms with Crippen LogP contribution in [0.1, 0.15) is 35.8 Å². The molecular weight excluding hydrogens is 400 g/mol. The SMILES string of the molecule is CCNC(=O)C1(Cc2ccc(-c3cccnc3)cc2)CCCN(C(=O)c2ccccn2)C1. The van der Waals surface area contributed by atoms with Gasteiger partial charge in [-0.3, -0.25) is 19.6 Å². The topological polar surface area (TPSA) is 75.2 Å². The van der Waals surface area contributed by atoms with Crippen LogP contribution in [0.3, 0.4) is 0 Å². The van der Waals surface area contributed by atoms with E-state index in [0.29, 0.717) is 31.7 Å². The molecule has 0 saturated carbocycles. The van der Waals surface area contributed by atoms with E-state index in [1.807, 2.05) is 31.3 Å². The van der Waals surface area contributed by atoms with E-state index < -0.39 is 5.41 Å². The minimum atomic E-state index is -0.658. The summed E-state index contributed by atoms with van der Waals surface area (Å²) < 4.78 is 0. The molecule has 1 fully saturated rings. The van der Waals surface area contributed by atoms with Crippen LogP contribution in [0.4, 0.5) is 0 Å². The molecule has 2 aromatic heterocycles. The first-order chi connectivity index (χ1) is 15.6. The summed E-state index contributed by atoms with van der Waals surface area (Å²) >= 11 is 0. The van der Waals surface area contributed by atoms with Gasteiger partial charge in [0.1, 0.15) is 5.69 Å². The van der Waals surface area contributed by atoms with Crippen LogP contribution in [0.15, 0.2) is 73.2 Å². The number of piperidine rings is 1. The average Bonchev–Trinajstić information content (AvgIpc) is 2.85. The largest absolute Gasteiger partial charge is 0.356 e. The second-order valence-electron chi connectivity index (χ2n) is 8.30. The number of nitrogens with zero attached hydrogens (tertiary/aromatic N) is 3. The second kappa shape index (κ2) is 9.73. The fraction of sp³-hybridized carbons (Fsp3) is 0.308. The fourth-order valence-corrected chi connectivity index (χ4v) is 4.45. The minimum Gasteiger partial charge on any atom is -0.356 e. The highest BCUT2D eigenvalue weighted by Gasteiger charge is 2.43. The van der Waals surface area contributed by atoms with Crippen LogP contribution in [0, 0.1) is 5.41 Å². The summed E-state index contributed by atoms with van der Waals surface area (Å²) in [5, 5.41) is 3.01. The van der Waals surface area contributed by atoms with Gasteiger partial charge in [-0.2, -0.15) is 0 Å². The van der Waals surface area contributed by atoms with Gasteiger partial charge in [0, 0.05) is 38.2 Å². The molecule has 2 amide bonds. The molecule has 1 aliphatic rings. The lowest BCUT2D eigenvalue weighted by Gasteiger charge is -2.41. The summed E-state index contributed by atoms with van der Waals surface area (Å²) in [6, 6.07) is 17.6. The third-order valence-corrected chi connectivity index (χ3v) is 6.06. The maximum atomic E-state index is 13.2. The number of likely N-dealkylation sites (tertiary alicyclic amines) is 1. The van der Waals surface area contributed by atoms with Crippen molar-refractivity contribution in [3.05, 3.63) is 84.4 Å². The third kappa shape index (κ3) is 4.69. The Labute approximate surface area is 188 Å². The first kappa shape index (κ1) is 21.7. The number of nitrogens with one attached hydrogen (secondary N) is 1. The van der Waals surface area contributed by atoms with Crippen molar-refractivity contribution in [3.8, 4) is 11.1 Å². The van der Waals surface area contributed by atoms with E-state index >= 15 is 0 Å². The van der Waals surface area contributed by atoms with Crippen molar-refractivity contribution in [1.29, 1.82) is 0 Å². The van der Waals surface area contributed by atoms with Crippen LogP contribution in [0.25, 0.3) is 11.1 Å². The number of benzene rings is 1. The summed E-state index contributed by atoms with van der Waals surface area (Å²) in [5.74, 6) is -0.110. The molecule has 0 spiro atoms. The Bertz CT molecular complexity index is 1050. The zero-order valence-corrected chi connectivity index (χ0v) is 18.3. The molecule has 0 aliphatic carbocycles. The third-order valence-electron chi connectivity index (χ3n) is 6.06. The van der Waals surface area contributed by atoms with Gasteiger partial charge in [-0.25, -0.2) is 0 Å². The summed E-state index contributed by atoms with van der Waals surface area (Å²) in [6.45, 7) is 3.51. The summed E-state index contributed by atoms with van der Waals surface area (Å²) in [5.41, 5.74) is 2.98. The van der Waals surface area contributed by atoms with E-state index in [0.717, 1.165) is 29.5 Å². The monoisotopic (exact) mass is 428 g/mol. The second-order valence-corrected chi connectivity index (χ2v) is 8.30. The highest BCUT2D eigenvalue weighted by Crippen LogP contribution is 2.35. The Balaban J connectivity index is 1.57. The van der Waals surface area contributed by atoms with Crippen molar-refractivity contribution >= 4 is 11.8 Å². The molecule has 164 valence electrons. The Morgan fingerprint density at radius 1 is 1.03 bits per heavy atom. The molecular formula is C26H28N4O2. The predicted molar refractivity (Wildman–Crippen MR) is 124 cm³/mol. The first-order valence-electron chi connectivity index (χ1n) is 11.1. The molecule has 0 radical (unpaired) electrons. The van der Waals surface area contributed by atoms with Gasteiger partial charge in [-0.05, 0) is 61.1 Å². The number of hydrogen-bond acceptors (Lipinski definition) is 4. The van der Waals surface area contributed by atoms with E-state index in [1.165, 1.54) is 0 Å². The lowest BCUT2D eigenvalue weighted by atomic mass is 9.74. The summed E-state index contributed by atoms with van der Waals surface area (Å²) in [7, 11) is 0. The zero-order valence-electron chi connectivity index (χ0n) is 18.3. The summed E-state index contributed by atoms with van der Waals surface area (Å²) in [4.78, 5) is 36.5. The maximum absolute atomic E-state index is 13.2. The molecule has 1 N–H and O–H groups in total. The molecule has 1 aliphatic heterocycles. The lowest BCUT2D eigenvalue weighted by Crippen LogP contribution is -2.54. The number of carbonyl (C=O) groups is 2. The van der Waals surface area contributed by atoms with Crippen molar-refractivity contribution in [2.24, 2.45) is 5.41 Å². The highest BCUT2D eigenvalue weighted by molar-refractivity contribution is 5.93. The van der Waals surface area contributed by atoms with Gasteiger partial charge in [0.25, 0.3) is 5.91 Å². The molecule has 1 atom stereocenters. The predicted octanol–water partition coefficient (Wildman–Crippen LogP) is 3.74. The fourth-order valence-electron chi connectivity index (χ4n) is 4.45. The van der Waals surface area contributed by atoms with Crippen LogP contribution in [0.2, 0.25) is 0 Å². The summed E-state index contributed by atoms with van der Waals surface area (Å²) in [6.07, 6.45) is 7.33. The van der Waals surface area contributed by atoms with Crippen molar-refractivity contribution in [2.45, 2.75) is 26.2 Å². The van der Waals surface area contributed by atoms with Crippen LogP contribution in [-0.4, -0.2) is 46.3 Å². The van der Waals surface area contributed by atoms with Gasteiger partial charge in [0.2, 0.25) is 5.91 Å². The Morgan fingerprint density at radius 3 is 2.56 bits per heavy atom. The van der Waals surface area contributed by atoms with E-state index in [1.54, 1.807) is 29.4 Å². The molecule has 1 unspecified atom stereocenters. The molecule has 6 nitrogen and oxygen atoms in total. The Morgan fingerprint density at radius 2 is 1.88 bits per heavy atom. The van der Waals surface area contributed by atoms with Crippen molar-refractivity contribution in [2.75, 3.05) is 19.6 Å². The van der Waals surface area contributed by atoms with Crippen molar-refractivity contribution < 1.29 is 9.59 Å². The standard InChI is InChI=1S/C26H28N4O2/c1-2-28-25(32)26(13-6-16-30(19-26)24(31)23-8-3-4-15-29-23)17-20-9-11-21(12-10-20)22-7-5-14-27-18-22/h3-5,7-12,14-15,18H,2,6,13,16-17,19H2,1H3,(H,28,32). The van der Waals surface area contributed by atoms with Gasteiger partial charge in [0.05, 0.1) is 5.41 Å². The molecule has 3 heterocycles. The number of amides is 2. The molecule has 4 rings (SSSR count). The van der Waals surface area contributed by atoms with E-state index in [9.17, 15) is 9.59 Å².